The van der Waals surface area contributed by atoms with E-state index in [1.54, 1.807) is 17.4 Å². The lowest BCUT2D eigenvalue weighted by molar-refractivity contribution is 0.628. The molecule has 25 heavy (non-hydrogen) atoms. The van der Waals surface area contributed by atoms with Gasteiger partial charge in [0.1, 0.15) is 22.8 Å². The van der Waals surface area contributed by atoms with Crippen molar-refractivity contribution in [3.05, 3.63) is 70.0 Å². The van der Waals surface area contributed by atoms with Crippen LogP contribution in [0.1, 0.15) is 4.88 Å². The van der Waals surface area contributed by atoms with Crippen LogP contribution in [0.3, 0.4) is 0 Å². The summed E-state index contributed by atoms with van der Waals surface area (Å²) in [7, 11) is 0. The molecule has 0 saturated carbocycles. The average Bonchev–Trinajstić information content (AvgIpc) is 2.93. The SMILES string of the molecule is Cc1sc2ncnc(Nc3cccc(F)c3)c2c1-c1ccc(Br)cc1. The van der Waals surface area contributed by atoms with Crippen molar-refractivity contribution in [1.82, 2.24) is 9.97 Å². The van der Waals surface area contributed by atoms with Gasteiger partial charge in [-0.25, -0.2) is 14.4 Å². The number of hydrogen-bond donors (Lipinski definition) is 1. The van der Waals surface area contributed by atoms with E-state index in [0.717, 1.165) is 25.8 Å². The lowest BCUT2D eigenvalue weighted by Crippen LogP contribution is -1.96. The molecular weight excluding hydrogens is 401 g/mol. The first-order valence-electron chi connectivity index (χ1n) is 7.64. The number of anilines is 2. The highest BCUT2D eigenvalue weighted by Gasteiger charge is 2.17. The van der Waals surface area contributed by atoms with E-state index >= 15 is 0 Å². The van der Waals surface area contributed by atoms with Gasteiger partial charge in [-0.1, -0.05) is 34.1 Å². The zero-order valence-electron chi connectivity index (χ0n) is 13.3. The Morgan fingerprint density at radius 3 is 2.64 bits per heavy atom. The Bertz CT molecular complexity index is 1060. The molecule has 0 aliphatic carbocycles. The molecule has 0 amide bonds. The van der Waals surface area contributed by atoms with Crippen molar-refractivity contribution in [3.8, 4) is 11.1 Å². The van der Waals surface area contributed by atoms with Gasteiger partial charge in [-0.05, 0) is 42.8 Å². The van der Waals surface area contributed by atoms with Crippen molar-refractivity contribution < 1.29 is 4.39 Å². The molecule has 0 saturated heterocycles. The monoisotopic (exact) mass is 413 g/mol. The summed E-state index contributed by atoms with van der Waals surface area (Å²) in [6, 6.07) is 14.5. The van der Waals surface area contributed by atoms with Crippen LogP contribution in [-0.2, 0) is 0 Å². The second-order valence-corrected chi connectivity index (χ2v) is 7.70. The van der Waals surface area contributed by atoms with E-state index in [1.807, 2.05) is 18.2 Å². The molecule has 0 atom stereocenters. The van der Waals surface area contributed by atoms with Crippen LogP contribution >= 0.6 is 27.3 Å². The van der Waals surface area contributed by atoms with Crippen molar-refractivity contribution in [2.24, 2.45) is 0 Å². The van der Waals surface area contributed by atoms with Gasteiger partial charge in [-0.3, -0.25) is 0 Å². The standard InChI is InChI=1S/C19H13BrFN3S/c1-11-16(12-5-7-13(20)8-6-12)17-18(22-10-23-19(17)25-11)24-15-4-2-3-14(21)9-15/h2-10H,1H3,(H,22,23,24). The van der Waals surface area contributed by atoms with Crippen LogP contribution in [0.2, 0.25) is 0 Å². The first kappa shape index (κ1) is 16.2. The molecule has 0 radical (unpaired) electrons. The molecule has 0 aliphatic heterocycles. The molecule has 2 aromatic heterocycles. The van der Waals surface area contributed by atoms with Gasteiger partial charge < -0.3 is 5.32 Å². The fourth-order valence-electron chi connectivity index (χ4n) is 2.81. The molecule has 0 fully saturated rings. The van der Waals surface area contributed by atoms with Crippen molar-refractivity contribution in [1.29, 1.82) is 0 Å². The Balaban J connectivity index is 1.89. The molecule has 3 nitrogen and oxygen atoms in total. The zero-order chi connectivity index (χ0) is 17.4. The van der Waals surface area contributed by atoms with Gasteiger partial charge in [0.05, 0.1) is 5.39 Å². The van der Waals surface area contributed by atoms with Crippen molar-refractivity contribution in [2.45, 2.75) is 6.92 Å². The average molecular weight is 414 g/mol. The number of thiophene rings is 1. The topological polar surface area (TPSA) is 37.8 Å². The lowest BCUT2D eigenvalue weighted by atomic mass is 10.0. The number of halogens is 2. The van der Waals surface area contributed by atoms with Gasteiger partial charge in [0.25, 0.3) is 0 Å². The summed E-state index contributed by atoms with van der Waals surface area (Å²) in [5.41, 5.74) is 2.86. The Morgan fingerprint density at radius 2 is 1.88 bits per heavy atom. The second kappa shape index (κ2) is 6.54. The van der Waals surface area contributed by atoms with Gasteiger partial charge >= 0.3 is 0 Å². The number of benzene rings is 2. The lowest BCUT2D eigenvalue weighted by Gasteiger charge is -2.09. The molecule has 0 aliphatic rings. The van der Waals surface area contributed by atoms with Gasteiger partial charge in [-0.15, -0.1) is 11.3 Å². The predicted molar refractivity (Wildman–Crippen MR) is 105 cm³/mol. The Morgan fingerprint density at radius 1 is 1.08 bits per heavy atom. The molecule has 4 rings (SSSR count). The van der Waals surface area contributed by atoms with Gasteiger partial charge in [0, 0.05) is 20.6 Å². The van der Waals surface area contributed by atoms with E-state index in [4.69, 9.17) is 0 Å². The number of nitrogens with one attached hydrogen (secondary N) is 1. The summed E-state index contributed by atoms with van der Waals surface area (Å²) in [5.74, 6) is 0.391. The fraction of sp³-hybridized carbons (Fsp3) is 0.0526. The summed E-state index contributed by atoms with van der Waals surface area (Å²) in [6.45, 7) is 2.08. The molecule has 2 aromatic carbocycles. The molecule has 6 heteroatoms. The normalized spacial score (nSPS) is 11.0. The number of aryl methyl sites for hydroxylation is 1. The zero-order valence-corrected chi connectivity index (χ0v) is 15.7. The second-order valence-electron chi connectivity index (χ2n) is 5.58. The molecule has 0 unspecified atom stereocenters. The maximum atomic E-state index is 13.5. The minimum absolute atomic E-state index is 0.287. The predicted octanol–water partition coefficient (Wildman–Crippen LogP) is 6.31. The minimum atomic E-state index is -0.287. The smallest absolute Gasteiger partial charge is 0.143 e. The van der Waals surface area contributed by atoms with Gasteiger partial charge in [0.15, 0.2) is 0 Å². The fourth-order valence-corrected chi connectivity index (χ4v) is 4.08. The molecule has 124 valence electrons. The largest absolute Gasteiger partial charge is 0.339 e. The maximum absolute atomic E-state index is 13.5. The third-order valence-electron chi connectivity index (χ3n) is 3.88. The molecule has 1 N–H and O–H groups in total. The van der Waals surface area contributed by atoms with E-state index in [0.29, 0.717) is 11.5 Å². The van der Waals surface area contributed by atoms with Crippen LogP contribution in [0.15, 0.2) is 59.3 Å². The molecular formula is C19H13BrFN3S. The molecule has 2 heterocycles. The maximum Gasteiger partial charge on any atom is 0.143 e. The minimum Gasteiger partial charge on any atom is -0.339 e. The van der Waals surface area contributed by atoms with Crippen LogP contribution in [-0.4, -0.2) is 9.97 Å². The first-order chi connectivity index (χ1) is 12.1. The first-order valence-corrected chi connectivity index (χ1v) is 9.25. The highest BCUT2D eigenvalue weighted by molar-refractivity contribution is 9.10. The van der Waals surface area contributed by atoms with E-state index in [9.17, 15) is 4.39 Å². The van der Waals surface area contributed by atoms with Gasteiger partial charge in [-0.2, -0.15) is 0 Å². The van der Waals surface area contributed by atoms with E-state index in [2.05, 4.69) is 50.3 Å². The van der Waals surface area contributed by atoms with Crippen LogP contribution in [0.4, 0.5) is 15.9 Å². The van der Waals surface area contributed by atoms with E-state index in [-0.39, 0.29) is 5.82 Å². The van der Waals surface area contributed by atoms with Crippen LogP contribution in [0.5, 0.6) is 0 Å². The summed E-state index contributed by atoms with van der Waals surface area (Å²) in [6.07, 6.45) is 1.53. The third-order valence-corrected chi connectivity index (χ3v) is 5.43. The number of rotatable bonds is 3. The number of fused-ring (bicyclic) bond motifs is 1. The number of nitrogens with zero attached hydrogens (tertiary/aromatic N) is 2. The van der Waals surface area contributed by atoms with E-state index < -0.39 is 0 Å². The Kier molecular flexibility index (Phi) is 4.23. The molecule has 4 aromatic rings. The van der Waals surface area contributed by atoms with E-state index in [1.165, 1.54) is 23.3 Å². The summed E-state index contributed by atoms with van der Waals surface area (Å²) in [5, 5.41) is 4.18. The summed E-state index contributed by atoms with van der Waals surface area (Å²) in [4.78, 5) is 10.9. The highest BCUT2D eigenvalue weighted by Crippen LogP contribution is 2.41. The van der Waals surface area contributed by atoms with Crippen LogP contribution in [0, 0.1) is 12.7 Å². The van der Waals surface area contributed by atoms with Crippen LogP contribution < -0.4 is 5.32 Å². The summed E-state index contributed by atoms with van der Waals surface area (Å²) < 4.78 is 14.5. The third kappa shape index (κ3) is 3.15. The Hall–Kier alpha value is -2.31. The van der Waals surface area contributed by atoms with Crippen molar-refractivity contribution >= 4 is 49.0 Å². The highest BCUT2D eigenvalue weighted by atomic mass is 79.9. The Labute approximate surface area is 156 Å². The van der Waals surface area contributed by atoms with Gasteiger partial charge in [0.2, 0.25) is 0 Å². The molecule has 0 spiro atoms. The van der Waals surface area contributed by atoms with Crippen LogP contribution in [0.25, 0.3) is 21.3 Å². The molecule has 0 bridgehead atoms. The number of aromatic nitrogens is 2. The number of hydrogen-bond acceptors (Lipinski definition) is 4. The quantitative estimate of drug-likeness (QED) is 0.427. The van der Waals surface area contributed by atoms with Crippen molar-refractivity contribution in [2.75, 3.05) is 5.32 Å². The summed E-state index contributed by atoms with van der Waals surface area (Å²) >= 11 is 5.10. The van der Waals surface area contributed by atoms with Crippen molar-refractivity contribution in [3.63, 3.8) is 0 Å².